The molecule has 0 saturated heterocycles. The van der Waals surface area contributed by atoms with Gasteiger partial charge in [0.15, 0.2) is 0 Å². The number of halogens is 2. The van der Waals surface area contributed by atoms with Crippen molar-refractivity contribution in [3.8, 4) is 5.88 Å². The molecule has 1 saturated carbocycles. The molecule has 0 spiro atoms. The van der Waals surface area contributed by atoms with Crippen molar-refractivity contribution in [1.29, 1.82) is 0 Å². The first-order valence-electron chi connectivity index (χ1n) is 4.98. The summed E-state index contributed by atoms with van der Waals surface area (Å²) in [6.45, 7) is 0. The van der Waals surface area contributed by atoms with Gasteiger partial charge in [0.05, 0.1) is 17.5 Å². The van der Waals surface area contributed by atoms with Crippen molar-refractivity contribution in [2.45, 2.75) is 37.5 Å². The monoisotopic (exact) mass is 233 g/mol. The number of nitrogens with zero attached hydrogens (tertiary/aromatic N) is 1. The summed E-state index contributed by atoms with van der Waals surface area (Å²) in [7, 11) is 1.56. The number of rotatable bonds is 2. The van der Waals surface area contributed by atoms with Gasteiger partial charge in [-0.2, -0.15) is 0 Å². The Morgan fingerprint density at radius 2 is 2.13 bits per heavy atom. The van der Waals surface area contributed by atoms with Crippen LogP contribution < -0.4 is 4.74 Å². The minimum atomic E-state index is -2.46. The van der Waals surface area contributed by atoms with Crippen LogP contribution in [0.3, 0.4) is 0 Å². The number of methoxy groups -OCH3 is 1. The lowest BCUT2D eigenvalue weighted by molar-refractivity contribution is -0.0382. The zero-order valence-corrected chi connectivity index (χ0v) is 9.32. The second-order valence-corrected chi connectivity index (χ2v) is 4.75. The molecule has 5 heteroatoms. The van der Waals surface area contributed by atoms with Gasteiger partial charge < -0.3 is 4.74 Å². The second kappa shape index (κ2) is 4.04. The van der Waals surface area contributed by atoms with E-state index < -0.39 is 5.92 Å². The van der Waals surface area contributed by atoms with E-state index in [2.05, 4.69) is 4.98 Å². The average molecular weight is 233 g/mol. The number of hydrogen-bond acceptors (Lipinski definition) is 3. The van der Waals surface area contributed by atoms with Crippen molar-refractivity contribution >= 4 is 11.3 Å². The zero-order chi connectivity index (χ0) is 10.9. The van der Waals surface area contributed by atoms with Gasteiger partial charge in [0.2, 0.25) is 11.8 Å². The highest BCUT2D eigenvalue weighted by Crippen LogP contribution is 2.42. The Morgan fingerprint density at radius 3 is 2.67 bits per heavy atom. The maximum Gasteiger partial charge on any atom is 0.248 e. The predicted octanol–water partition coefficient (Wildman–Crippen LogP) is 3.44. The van der Waals surface area contributed by atoms with E-state index in [4.69, 9.17) is 4.74 Å². The Hall–Kier alpha value is -0.710. The SMILES string of the molecule is COc1csc(C2CCC(F)(F)CC2)n1. The third-order valence-electron chi connectivity index (χ3n) is 2.78. The molecule has 1 aromatic heterocycles. The van der Waals surface area contributed by atoms with Crippen LogP contribution in [0.2, 0.25) is 0 Å². The summed E-state index contributed by atoms with van der Waals surface area (Å²) in [6.07, 6.45) is 1.03. The number of ether oxygens (including phenoxy) is 1. The molecule has 15 heavy (non-hydrogen) atoms. The van der Waals surface area contributed by atoms with E-state index in [1.165, 1.54) is 11.3 Å². The van der Waals surface area contributed by atoms with Gasteiger partial charge in [0, 0.05) is 18.8 Å². The first-order chi connectivity index (χ1) is 7.11. The zero-order valence-electron chi connectivity index (χ0n) is 8.50. The fourth-order valence-corrected chi connectivity index (χ4v) is 2.78. The second-order valence-electron chi connectivity index (χ2n) is 3.86. The van der Waals surface area contributed by atoms with E-state index in [-0.39, 0.29) is 18.8 Å². The Balaban J connectivity index is 2.01. The van der Waals surface area contributed by atoms with E-state index in [0.29, 0.717) is 18.7 Å². The first kappa shape index (κ1) is 10.8. The third-order valence-corrected chi connectivity index (χ3v) is 3.76. The van der Waals surface area contributed by atoms with Crippen LogP contribution in [0.15, 0.2) is 5.38 Å². The first-order valence-corrected chi connectivity index (χ1v) is 5.86. The van der Waals surface area contributed by atoms with Crippen molar-refractivity contribution in [2.75, 3.05) is 7.11 Å². The summed E-state index contributed by atoms with van der Waals surface area (Å²) < 4.78 is 30.8. The molecule has 0 radical (unpaired) electrons. The Morgan fingerprint density at radius 1 is 1.47 bits per heavy atom. The molecule has 2 nitrogen and oxygen atoms in total. The van der Waals surface area contributed by atoms with Crippen LogP contribution in [0.25, 0.3) is 0 Å². The van der Waals surface area contributed by atoms with E-state index in [0.717, 1.165) is 5.01 Å². The van der Waals surface area contributed by atoms with Gasteiger partial charge in [-0.1, -0.05) is 0 Å². The average Bonchev–Trinajstić information content (AvgIpc) is 2.66. The summed E-state index contributed by atoms with van der Waals surface area (Å²) in [5.74, 6) is -1.68. The van der Waals surface area contributed by atoms with Crippen molar-refractivity contribution in [3.63, 3.8) is 0 Å². The normalized spacial score (nSPS) is 21.5. The Kier molecular flexibility index (Phi) is 2.91. The van der Waals surface area contributed by atoms with E-state index in [1.54, 1.807) is 7.11 Å². The molecule has 0 amide bonds. The maximum atomic E-state index is 12.9. The van der Waals surface area contributed by atoms with Gasteiger partial charge in [-0.3, -0.25) is 0 Å². The maximum absolute atomic E-state index is 12.9. The molecule has 0 aromatic carbocycles. The standard InChI is InChI=1S/C10H13F2NOS/c1-14-8-6-15-9(13-8)7-2-4-10(11,12)5-3-7/h6-7H,2-5H2,1H3. The fourth-order valence-electron chi connectivity index (χ4n) is 1.84. The smallest absolute Gasteiger partial charge is 0.248 e. The van der Waals surface area contributed by atoms with Gasteiger partial charge >= 0.3 is 0 Å². The quantitative estimate of drug-likeness (QED) is 0.780. The van der Waals surface area contributed by atoms with Gasteiger partial charge in [0.1, 0.15) is 0 Å². The lowest BCUT2D eigenvalue weighted by Crippen LogP contribution is -2.23. The van der Waals surface area contributed by atoms with Crippen LogP contribution >= 0.6 is 11.3 Å². The molecule has 0 unspecified atom stereocenters. The molecule has 1 heterocycles. The summed E-state index contributed by atoms with van der Waals surface area (Å²) in [4.78, 5) is 4.25. The van der Waals surface area contributed by atoms with Crippen LogP contribution in [0.5, 0.6) is 5.88 Å². The van der Waals surface area contributed by atoms with Gasteiger partial charge in [-0.25, -0.2) is 13.8 Å². The van der Waals surface area contributed by atoms with Crippen molar-refractivity contribution in [2.24, 2.45) is 0 Å². The molecule has 1 aromatic rings. The largest absolute Gasteiger partial charge is 0.480 e. The number of thiazole rings is 1. The molecule has 0 N–H and O–H groups in total. The van der Waals surface area contributed by atoms with Crippen molar-refractivity contribution in [3.05, 3.63) is 10.4 Å². The molecule has 84 valence electrons. The summed E-state index contributed by atoms with van der Waals surface area (Å²) in [5, 5.41) is 2.75. The van der Waals surface area contributed by atoms with E-state index >= 15 is 0 Å². The molecule has 0 bridgehead atoms. The predicted molar refractivity (Wildman–Crippen MR) is 54.8 cm³/mol. The molecule has 2 rings (SSSR count). The molecule has 1 aliphatic carbocycles. The minimum absolute atomic E-state index is 0.0143. The molecular formula is C10H13F2NOS. The topological polar surface area (TPSA) is 22.1 Å². The highest BCUT2D eigenvalue weighted by molar-refractivity contribution is 7.09. The molecule has 0 aliphatic heterocycles. The number of aromatic nitrogens is 1. The number of alkyl halides is 2. The summed E-state index contributed by atoms with van der Waals surface area (Å²) in [5.41, 5.74) is 0. The summed E-state index contributed by atoms with van der Waals surface area (Å²) in [6, 6.07) is 0. The van der Waals surface area contributed by atoms with Gasteiger partial charge in [-0.05, 0) is 12.8 Å². The van der Waals surface area contributed by atoms with Crippen LogP contribution in [0, 0.1) is 0 Å². The van der Waals surface area contributed by atoms with E-state index in [9.17, 15) is 8.78 Å². The minimum Gasteiger partial charge on any atom is -0.480 e. The van der Waals surface area contributed by atoms with Crippen LogP contribution in [0.1, 0.15) is 36.6 Å². The van der Waals surface area contributed by atoms with Crippen LogP contribution in [-0.4, -0.2) is 18.0 Å². The summed E-state index contributed by atoms with van der Waals surface area (Å²) >= 11 is 1.50. The lowest BCUT2D eigenvalue weighted by atomic mass is 9.87. The third kappa shape index (κ3) is 2.45. The number of hydrogen-bond donors (Lipinski definition) is 0. The highest BCUT2D eigenvalue weighted by atomic mass is 32.1. The van der Waals surface area contributed by atoms with Crippen molar-refractivity contribution in [1.82, 2.24) is 4.98 Å². The van der Waals surface area contributed by atoms with Gasteiger partial charge in [0.25, 0.3) is 0 Å². The lowest BCUT2D eigenvalue weighted by Gasteiger charge is -2.26. The van der Waals surface area contributed by atoms with Gasteiger partial charge in [-0.15, -0.1) is 11.3 Å². The fraction of sp³-hybridized carbons (Fsp3) is 0.700. The van der Waals surface area contributed by atoms with Crippen LogP contribution in [-0.2, 0) is 0 Å². The highest BCUT2D eigenvalue weighted by Gasteiger charge is 2.36. The molecule has 0 atom stereocenters. The Bertz CT molecular complexity index is 330. The molecule has 1 fully saturated rings. The molecular weight excluding hydrogens is 220 g/mol. The van der Waals surface area contributed by atoms with E-state index in [1.807, 2.05) is 5.38 Å². The molecule has 1 aliphatic rings. The Labute approximate surface area is 91.3 Å². The van der Waals surface area contributed by atoms with Crippen molar-refractivity contribution < 1.29 is 13.5 Å². The van der Waals surface area contributed by atoms with Crippen LogP contribution in [0.4, 0.5) is 8.78 Å².